The van der Waals surface area contributed by atoms with Gasteiger partial charge in [0.2, 0.25) is 15.8 Å². The van der Waals surface area contributed by atoms with Gasteiger partial charge in [0.05, 0.1) is 10.5 Å². The zero-order valence-corrected chi connectivity index (χ0v) is 16.9. The Labute approximate surface area is 165 Å². The first-order valence-corrected chi connectivity index (χ1v) is 11.3. The lowest BCUT2D eigenvalue weighted by atomic mass is 10.1. The summed E-state index contributed by atoms with van der Waals surface area (Å²) < 4.78 is 39.3. The molecule has 1 aliphatic rings. The fraction of sp³-hybridized carbons (Fsp3) is 0.500. The Kier molecular flexibility index (Phi) is 6.69. The van der Waals surface area contributed by atoms with Gasteiger partial charge in [0.1, 0.15) is 15.9 Å². The molecule has 1 aromatic carbocycles. The number of H-pyrrole nitrogens is 1. The van der Waals surface area contributed by atoms with Crippen molar-refractivity contribution in [1.82, 2.24) is 35.6 Å². The van der Waals surface area contributed by atoms with Crippen LogP contribution >= 0.6 is 0 Å². The smallest absolute Gasteiger partial charge is 0.241 e. The normalized spacial score (nSPS) is 16.8. The Bertz CT molecular complexity index is 928. The molecule has 1 aromatic heterocycles. The third-order valence-corrected chi connectivity index (χ3v) is 6.82. The summed E-state index contributed by atoms with van der Waals surface area (Å²) in [6.07, 6.45) is 0. The topological polar surface area (TPSA) is 171 Å². The van der Waals surface area contributed by atoms with Gasteiger partial charge in [-0.3, -0.25) is 4.90 Å². The maximum Gasteiger partial charge on any atom is 0.241 e. The second-order valence-corrected chi connectivity index (χ2v) is 8.93. The number of sulfonamides is 1. The van der Waals surface area contributed by atoms with E-state index in [1.54, 1.807) is 6.07 Å². The van der Waals surface area contributed by atoms with Crippen LogP contribution in [0.2, 0.25) is 0 Å². The minimum Gasteiger partial charge on any atom is -0.383 e. The molecule has 1 aliphatic heterocycles. The summed E-state index contributed by atoms with van der Waals surface area (Å²) in [6.45, 7) is 5.19. The van der Waals surface area contributed by atoms with Gasteiger partial charge in [0.25, 0.3) is 0 Å². The van der Waals surface area contributed by atoms with Gasteiger partial charge in [0.15, 0.2) is 0 Å². The van der Waals surface area contributed by atoms with E-state index in [4.69, 9.17) is 5.14 Å². The molecule has 1 unspecified atom stereocenters. The maximum absolute atomic E-state index is 12.4. The quantitative estimate of drug-likeness (QED) is 0.320. The van der Waals surface area contributed by atoms with Crippen molar-refractivity contribution in [3.8, 4) is 11.4 Å². The molecule has 0 saturated carbocycles. The van der Waals surface area contributed by atoms with E-state index in [1.807, 2.05) is 0 Å². The van der Waals surface area contributed by atoms with Crippen molar-refractivity contribution in [1.29, 1.82) is 0 Å². The molecule has 0 spiro atoms. The fourth-order valence-corrected chi connectivity index (χ4v) is 5.06. The summed E-state index contributed by atoms with van der Waals surface area (Å²) >= 11 is 0. The number of aromatic nitrogens is 4. The van der Waals surface area contributed by atoms with Crippen LogP contribution in [-0.4, -0.2) is 84.5 Å². The number of nitrogens with zero attached hydrogens (tertiary/aromatic N) is 4. The third-order valence-electron chi connectivity index (χ3n) is 4.40. The number of tetrazole rings is 1. The molecule has 1 fully saturated rings. The molecule has 12 nitrogen and oxygen atoms in total. The standard InChI is InChI=1S/C14H23N9O3S2/c1-16-28(25,26)11-3-2-10(18-6-9-23-7-4-17-5-8-23)12(13(11)27(15)24)14-19-21-22-20-14/h2-3,16-18H,4-9,15H2,1H3,(H,19,20,21,22). The number of rotatable bonds is 8. The Morgan fingerprint density at radius 3 is 2.68 bits per heavy atom. The molecule has 0 aliphatic carbocycles. The van der Waals surface area contributed by atoms with Gasteiger partial charge in [-0.2, -0.15) is 5.21 Å². The number of benzene rings is 1. The van der Waals surface area contributed by atoms with Gasteiger partial charge in [-0.1, -0.05) is 0 Å². The molecule has 1 atom stereocenters. The molecule has 28 heavy (non-hydrogen) atoms. The molecule has 2 heterocycles. The van der Waals surface area contributed by atoms with E-state index in [0.29, 0.717) is 12.2 Å². The summed E-state index contributed by atoms with van der Waals surface area (Å²) in [5.74, 6) is 0.103. The van der Waals surface area contributed by atoms with E-state index >= 15 is 0 Å². The number of aromatic amines is 1. The van der Waals surface area contributed by atoms with Crippen LogP contribution in [0.15, 0.2) is 21.9 Å². The highest BCUT2D eigenvalue weighted by Gasteiger charge is 2.27. The lowest BCUT2D eigenvalue weighted by Gasteiger charge is -2.27. The Hall–Kier alpha value is -1.97. The van der Waals surface area contributed by atoms with E-state index in [9.17, 15) is 12.6 Å². The third kappa shape index (κ3) is 4.53. The molecule has 3 rings (SSSR count). The molecular formula is C14H23N9O3S2. The van der Waals surface area contributed by atoms with E-state index in [2.05, 4.69) is 40.9 Å². The second-order valence-electron chi connectivity index (χ2n) is 6.07. The van der Waals surface area contributed by atoms with Crippen molar-refractivity contribution in [2.75, 3.05) is 51.6 Å². The number of nitrogens with two attached hydrogens (primary N) is 1. The van der Waals surface area contributed by atoms with Crippen LogP contribution in [0.4, 0.5) is 5.69 Å². The minimum atomic E-state index is -3.89. The number of hydrogen-bond donors (Lipinski definition) is 5. The highest BCUT2D eigenvalue weighted by molar-refractivity contribution is 7.90. The Morgan fingerprint density at radius 1 is 1.32 bits per heavy atom. The first-order valence-electron chi connectivity index (χ1n) is 8.61. The van der Waals surface area contributed by atoms with Crippen LogP contribution in [0.1, 0.15) is 0 Å². The molecule has 6 N–H and O–H groups in total. The van der Waals surface area contributed by atoms with Crippen molar-refractivity contribution in [3.63, 3.8) is 0 Å². The number of hydrogen-bond acceptors (Lipinski definition) is 9. The lowest BCUT2D eigenvalue weighted by Crippen LogP contribution is -2.45. The van der Waals surface area contributed by atoms with Gasteiger partial charge in [-0.05, 0) is 24.4 Å². The van der Waals surface area contributed by atoms with Crippen LogP contribution in [0.3, 0.4) is 0 Å². The predicted molar refractivity (Wildman–Crippen MR) is 104 cm³/mol. The lowest BCUT2D eigenvalue weighted by molar-refractivity contribution is 0.249. The number of nitrogens with one attached hydrogen (secondary N) is 4. The van der Waals surface area contributed by atoms with E-state index in [0.717, 1.165) is 32.7 Å². The first-order chi connectivity index (χ1) is 13.4. The van der Waals surface area contributed by atoms with Gasteiger partial charge < -0.3 is 10.6 Å². The van der Waals surface area contributed by atoms with Crippen LogP contribution in [0, 0.1) is 0 Å². The van der Waals surface area contributed by atoms with Crippen LogP contribution in [0.25, 0.3) is 11.4 Å². The Balaban J connectivity index is 1.97. The maximum atomic E-state index is 12.4. The predicted octanol–water partition coefficient (Wildman–Crippen LogP) is -1.93. The van der Waals surface area contributed by atoms with Crippen molar-refractivity contribution in [2.45, 2.75) is 9.79 Å². The molecule has 0 amide bonds. The minimum absolute atomic E-state index is 0.0806. The number of anilines is 1. The van der Waals surface area contributed by atoms with Crippen molar-refractivity contribution >= 4 is 26.7 Å². The van der Waals surface area contributed by atoms with Gasteiger partial charge in [-0.25, -0.2) is 22.5 Å². The van der Waals surface area contributed by atoms with Gasteiger partial charge >= 0.3 is 0 Å². The molecular weight excluding hydrogens is 406 g/mol. The van der Waals surface area contributed by atoms with Crippen LogP contribution in [-0.2, 0) is 21.0 Å². The van der Waals surface area contributed by atoms with E-state index in [1.165, 1.54) is 13.1 Å². The highest BCUT2D eigenvalue weighted by Crippen LogP contribution is 2.35. The van der Waals surface area contributed by atoms with Crippen LogP contribution in [0.5, 0.6) is 0 Å². The fourth-order valence-electron chi connectivity index (χ4n) is 3.01. The van der Waals surface area contributed by atoms with Gasteiger partial charge in [0, 0.05) is 45.0 Å². The summed E-state index contributed by atoms with van der Waals surface area (Å²) in [5, 5.41) is 25.9. The average molecular weight is 430 g/mol. The van der Waals surface area contributed by atoms with Gasteiger partial charge in [-0.15, -0.1) is 10.2 Å². The second kappa shape index (κ2) is 9.02. The SMILES string of the molecule is CNS(=O)(=O)c1ccc(NCCN2CCNCC2)c(-c2nn[nH]n2)c1S(N)=O. The summed E-state index contributed by atoms with van der Waals surface area (Å²) in [6, 6.07) is 2.95. The van der Waals surface area contributed by atoms with E-state index in [-0.39, 0.29) is 21.2 Å². The van der Waals surface area contributed by atoms with Crippen molar-refractivity contribution < 1.29 is 12.6 Å². The van der Waals surface area contributed by atoms with Crippen molar-refractivity contribution in [3.05, 3.63) is 12.1 Å². The molecule has 14 heteroatoms. The summed E-state index contributed by atoms with van der Waals surface area (Å²) in [7, 11) is -4.73. The zero-order valence-electron chi connectivity index (χ0n) is 15.3. The zero-order chi connectivity index (χ0) is 20.1. The molecule has 154 valence electrons. The average Bonchev–Trinajstić information content (AvgIpc) is 3.22. The summed E-state index contributed by atoms with van der Waals surface area (Å²) in [4.78, 5) is 2.03. The highest BCUT2D eigenvalue weighted by atomic mass is 32.2. The molecule has 0 radical (unpaired) electrons. The first kappa shape index (κ1) is 20.8. The molecule has 0 bridgehead atoms. The van der Waals surface area contributed by atoms with Crippen molar-refractivity contribution in [2.24, 2.45) is 5.14 Å². The summed E-state index contributed by atoms with van der Waals surface area (Å²) in [5.41, 5.74) is 0.770. The number of piperazine rings is 1. The van der Waals surface area contributed by atoms with Crippen LogP contribution < -0.4 is 20.5 Å². The monoisotopic (exact) mass is 429 g/mol. The Morgan fingerprint density at radius 2 is 2.07 bits per heavy atom. The molecule has 2 aromatic rings. The van der Waals surface area contributed by atoms with E-state index < -0.39 is 21.0 Å². The molecule has 1 saturated heterocycles. The largest absolute Gasteiger partial charge is 0.383 e.